The zero-order chi connectivity index (χ0) is 25.8. The fourth-order valence-electron chi connectivity index (χ4n) is 4.42. The molecule has 3 aromatic rings. The number of aryl methyl sites for hydroxylation is 1. The monoisotopic (exact) mass is 500 g/mol. The third-order valence-corrected chi connectivity index (χ3v) is 6.26. The van der Waals surface area contributed by atoms with Crippen molar-refractivity contribution in [3.8, 4) is 0 Å². The van der Waals surface area contributed by atoms with Crippen LogP contribution in [-0.2, 0) is 9.53 Å². The number of carbonyl (C=O) groups is 3. The predicted octanol–water partition coefficient (Wildman–Crippen LogP) is 3.38. The molecule has 2 aliphatic heterocycles. The van der Waals surface area contributed by atoms with E-state index in [1.165, 1.54) is 4.90 Å². The van der Waals surface area contributed by atoms with Gasteiger partial charge in [-0.1, -0.05) is 12.1 Å². The van der Waals surface area contributed by atoms with Gasteiger partial charge in [0, 0.05) is 43.5 Å². The van der Waals surface area contributed by atoms with Crippen LogP contribution in [-0.4, -0.2) is 65.4 Å². The highest BCUT2D eigenvalue weighted by Gasteiger charge is 2.34. The van der Waals surface area contributed by atoms with Crippen molar-refractivity contribution >= 4 is 40.7 Å². The predicted molar refractivity (Wildman–Crippen MR) is 139 cm³/mol. The Kier molecular flexibility index (Phi) is 7.09. The van der Waals surface area contributed by atoms with Gasteiger partial charge in [0.1, 0.15) is 17.5 Å². The van der Waals surface area contributed by atoms with Gasteiger partial charge in [-0.3, -0.25) is 19.3 Å². The summed E-state index contributed by atoms with van der Waals surface area (Å²) < 4.78 is 5.42. The number of fused-ring (bicyclic) bond motifs is 1. The lowest BCUT2D eigenvalue weighted by Crippen LogP contribution is -2.36. The minimum absolute atomic E-state index is 0.182. The Morgan fingerprint density at radius 1 is 0.946 bits per heavy atom. The lowest BCUT2D eigenvalue weighted by Gasteiger charge is -2.28. The second-order valence-corrected chi connectivity index (χ2v) is 8.92. The van der Waals surface area contributed by atoms with Crippen molar-refractivity contribution in [3.63, 3.8) is 0 Å². The fraction of sp³-hybridized carbons (Fsp3) is 0.296. The molecule has 10 nitrogen and oxygen atoms in total. The first kappa shape index (κ1) is 24.4. The Balaban J connectivity index is 1.12. The number of benzene rings is 2. The molecule has 37 heavy (non-hydrogen) atoms. The lowest BCUT2D eigenvalue weighted by molar-refractivity contribution is -0.116. The molecule has 5 rings (SSSR count). The number of nitrogens with one attached hydrogen (secondary N) is 2. The highest BCUT2D eigenvalue weighted by molar-refractivity contribution is 6.21. The van der Waals surface area contributed by atoms with Gasteiger partial charge in [0.15, 0.2) is 0 Å². The summed E-state index contributed by atoms with van der Waals surface area (Å²) in [5, 5.41) is 6.16. The summed E-state index contributed by atoms with van der Waals surface area (Å²) in [6, 6.07) is 16.0. The first-order valence-corrected chi connectivity index (χ1v) is 12.3. The number of morpholine rings is 1. The molecule has 2 aliphatic rings. The molecule has 0 aliphatic carbocycles. The fourth-order valence-corrected chi connectivity index (χ4v) is 4.42. The van der Waals surface area contributed by atoms with Crippen LogP contribution < -0.4 is 15.5 Å². The third kappa shape index (κ3) is 5.59. The van der Waals surface area contributed by atoms with Gasteiger partial charge in [0.2, 0.25) is 5.91 Å². The van der Waals surface area contributed by atoms with E-state index in [1.54, 1.807) is 36.4 Å². The quantitative estimate of drug-likeness (QED) is 0.452. The molecule has 2 N–H and O–H groups in total. The molecule has 3 heterocycles. The van der Waals surface area contributed by atoms with Gasteiger partial charge in [-0.15, -0.1) is 0 Å². The van der Waals surface area contributed by atoms with Crippen molar-refractivity contribution in [2.24, 2.45) is 0 Å². The zero-order valence-electron chi connectivity index (χ0n) is 20.6. The van der Waals surface area contributed by atoms with E-state index in [-0.39, 0.29) is 30.7 Å². The molecule has 190 valence electrons. The average molecular weight is 501 g/mol. The summed E-state index contributed by atoms with van der Waals surface area (Å²) in [6.45, 7) is 5.02. The molecule has 0 atom stereocenters. The first-order chi connectivity index (χ1) is 18.0. The van der Waals surface area contributed by atoms with Gasteiger partial charge in [-0.25, -0.2) is 9.97 Å². The Morgan fingerprint density at radius 2 is 1.59 bits per heavy atom. The molecule has 2 aromatic carbocycles. The minimum Gasteiger partial charge on any atom is -0.378 e. The molecule has 0 saturated carbocycles. The SMILES string of the molecule is Cc1nc(Nc2ccc(NC(=O)CCCN3C(=O)c4ccccc4C3=O)cc2)cc(N2CCOCC2)n1. The summed E-state index contributed by atoms with van der Waals surface area (Å²) in [7, 11) is 0. The standard InChI is InChI=1S/C27H28N6O4/c1-18-28-23(17-24(29-18)32-13-15-37-16-14-32)30-19-8-10-20(11-9-19)31-25(34)7-4-12-33-26(35)21-5-2-3-6-22(21)27(33)36/h2-3,5-6,8-11,17H,4,7,12-16H2,1H3,(H,31,34)(H,28,29,30). The Labute approximate surface area is 214 Å². The maximum atomic E-state index is 12.4. The van der Waals surface area contributed by atoms with Crippen molar-refractivity contribution < 1.29 is 19.1 Å². The van der Waals surface area contributed by atoms with E-state index in [0.29, 0.717) is 48.1 Å². The molecule has 3 amide bonds. The number of hydrogen-bond acceptors (Lipinski definition) is 8. The van der Waals surface area contributed by atoms with Crippen molar-refractivity contribution in [1.29, 1.82) is 0 Å². The van der Waals surface area contributed by atoms with Crippen LogP contribution in [0.2, 0.25) is 0 Å². The van der Waals surface area contributed by atoms with E-state index < -0.39 is 0 Å². The van der Waals surface area contributed by atoms with Crippen LogP contribution in [0.1, 0.15) is 39.4 Å². The summed E-state index contributed by atoms with van der Waals surface area (Å²) in [5.74, 6) is 1.44. The van der Waals surface area contributed by atoms with Gasteiger partial charge in [0.05, 0.1) is 24.3 Å². The smallest absolute Gasteiger partial charge is 0.261 e. The average Bonchev–Trinajstić information content (AvgIpc) is 3.15. The highest BCUT2D eigenvalue weighted by Crippen LogP contribution is 2.24. The van der Waals surface area contributed by atoms with Crippen molar-refractivity contribution in [3.05, 3.63) is 71.5 Å². The maximum absolute atomic E-state index is 12.4. The molecule has 1 fully saturated rings. The number of aromatic nitrogens is 2. The van der Waals surface area contributed by atoms with Crippen LogP contribution in [0.3, 0.4) is 0 Å². The van der Waals surface area contributed by atoms with E-state index in [2.05, 4.69) is 25.5 Å². The lowest BCUT2D eigenvalue weighted by atomic mass is 10.1. The number of nitrogens with zero attached hydrogens (tertiary/aromatic N) is 4. The molecule has 1 aromatic heterocycles. The number of imide groups is 1. The number of carbonyl (C=O) groups excluding carboxylic acids is 3. The summed E-state index contributed by atoms with van der Waals surface area (Å²) in [5.41, 5.74) is 2.32. The number of rotatable bonds is 8. The van der Waals surface area contributed by atoms with Crippen LogP contribution in [0.15, 0.2) is 54.6 Å². The third-order valence-electron chi connectivity index (χ3n) is 6.26. The second kappa shape index (κ2) is 10.8. The van der Waals surface area contributed by atoms with Crippen LogP contribution in [0.4, 0.5) is 23.0 Å². The number of ether oxygens (including phenoxy) is 1. The largest absolute Gasteiger partial charge is 0.378 e. The number of amides is 3. The molecule has 0 spiro atoms. The Hall–Kier alpha value is -4.31. The number of hydrogen-bond donors (Lipinski definition) is 2. The van der Waals surface area contributed by atoms with Gasteiger partial charge in [-0.05, 0) is 49.7 Å². The van der Waals surface area contributed by atoms with E-state index >= 15 is 0 Å². The van der Waals surface area contributed by atoms with Crippen molar-refractivity contribution in [1.82, 2.24) is 14.9 Å². The summed E-state index contributed by atoms with van der Waals surface area (Å²) in [4.78, 5) is 49.7. The molecular formula is C27H28N6O4. The first-order valence-electron chi connectivity index (χ1n) is 12.3. The van der Waals surface area contributed by atoms with Gasteiger partial charge in [-0.2, -0.15) is 0 Å². The van der Waals surface area contributed by atoms with E-state index in [1.807, 2.05) is 25.1 Å². The van der Waals surface area contributed by atoms with Crippen LogP contribution in [0.25, 0.3) is 0 Å². The maximum Gasteiger partial charge on any atom is 0.261 e. The van der Waals surface area contributed by atoms with Crippen molar-refractivity contribution in [2.75, 3.05) is 48.4 Å². The summed E-state index contributed by atoms with van der Waals surface area (Å²) in [6.07, 6.45) is 0.577. The van der Waals surface area contributed by atoms with Gasteiger partial charge in [0.25, 0.3) is 11.8 Å². The number of anilines is 4. The topological polar surface area (TPSA) is 117 Å². The molecule has 10 heteroatoms. The normalized spacial score (nSPS) is 15.1. The molecule has 0 radical (unpaired) electrons. The Morgan fingerprint density at radius 3 is 2.27 bits per heavy atom. The van der Waals surface area contributed by atoms with Crippen LogP contribution in [0, 0.1) is 6.92 Å². The second-order valence-electron chi connectivity index (χ2n) is 8.92. The summed E-state index contributed by atoms with van der Waals surface area (Å²) >= 11 is 0. The Bertz CT molecular complexity index is 1290. The molecule has 1 saturated heterocycles. The van der Waals surface area contributed by atoms with Crippen LogP contribution >= 0.6 is 0 Å². The zero-order valence-corrected chi connectivity index (χ0v) is 20.6. The van der Waals surface area contributed by atoms with Gasteiger partial charge < -0.3 is 20.3 Å². The van der Waals surface area contributed by atoms with E-state index in [4.69, 9.17) is 4.74 Å². The van der Waals surface area contributed by atoms with E-state index in [0.717, 1.165) is 24.6 Å². The van der Waals surface area contributed by atoms with Crippen molar-refractivity contribution in [2.45, 2.75) is 19.8 Å². The highest BCUT2D eigenvalue weighted by atomic mass is 16.5. The minimum atomic E-state index is -0.306. The molecule has 0 bridgehead atoms. The molecular weight excluding hydrogens is 472 g/mol. The molecule has 0 unspecified atom stereocenters. The van der Waals surface area contributed by atoms with E-state index in [9.17, 15) is 14.4 Å². The van der Waals surface area contributed by atoms with Crippen LogP contribution in [0.5, 0.6) is 0 Å². The van der Waals surface area contributed by atoms with Gasteiger partial charge >= 0.3 is 0 Å².